The number of hydrogen-bond donors (Lipinski definition) is 1. The van der Waals surface area contributed by atoms with Gasteiger partial charge in [0, 0.05) is 6.04 Å². The van der Waals surface area contributed by atoms with Gasteiger partial charge in [0.05, 0.1) is 11.7 Å². The van der Waals surface area contributed by atoms with Gasteiger partial charge in [0.1, 0.15) is 11.6 Å². The lowest BCUT2D eigenvalue weighted by atomic mass is 10.1. The number of aryl methyl sites for hydroxylation is 1. The van der Waals surface area contributed by atoms with Crippen molar-refractivity contribution in [2.24, 2.45) is 0 Å². The van der Waals surface area contributed by atoms with Crippen molar-refractivity contribution in [3.05, 3.63) is 60.0 Å². The molecule has 3 rings (SSSR count). The number of hydrogen-bond acceptors (Lipinski definition) is 3. The Balaban J connectivity index is 1.87. The van der Waals surface area contributed by atoms with Crippen molar-refractivity contribution in [1.29, 1.82) is 0 Å². The molecule has 4 heteroatoms. The van der Waals surface area contributed by atoms with Crippen LogP contribution in [0.5, 0.6) is 0 Å². The molecule has 19 heavy (non-hydrogen) atoms. The molecule has 0 fully saturated rings. The average molecular weight is 252 g/mol. The molecule has 1 N–H and O–H groups in total. The van der Waals surface area contributed by atoms with Gasteiger partial charge in [0.2, 0.25) is 0 Å². The van der Waals surface area contributed by atoms with Gasteiger partial charge in [0.15, 0.2) is 0 Å². The smallest absolute Gasteiger partial charge is 0.147 e. The highest BCUT2D eigenvalue weighted by Gasteiger charge is 2.07. The highest BCUT2D eigenvalue weighted by atomic mass is 15.3. The Morgan fingerprint density at radius 3 is 2.68 bits per heavy atom. The zero-order chi connectivity index (χ0) is 13.2. The Kier molecular flexibility index (Phi) is 2.91. The summed E-state index contributed by atoms with van der Waals surface area (Å²) in [4.78, 5) is 4.25. The van der Waals surface area contributed by atoms with Crippen molar-refractivity contribution < 1.29 is 0 Å². The van der Waals surface area contributed by atoms with E-state index in [1.165, 1.54) is 5.56 Å². The van der Waals surface area contributed by atoms with Gasteiger partial charge in [0.25, 0.3) is 0 Å². The summed E-state index contributed by atoms with van der Waals surface area (Å²) in [6.45, 7) is 4.08. The summed E-state index contributed by atoms with van der Waals surface area (Å²) >= 11 is 0. The van der Waals surface area contributed by atoms with Gasteiger partial charge < -0.3 is 5.32 Å². The van der Waals surface area contributed by atoms with Gasteiger partial charge >= 0.3 is 0 Å². The summed E-state index contributed by atoms with van der Waals surface area (Å²) in [5.41, 5.74) is 2.25. The van der Waals surface area contributed by atoms with Crippen LogP contribution in [0.3, 0.4) is 0 Å². The van der Waals surface area contributed by atoms with E-state index in [1.807, 2.05) is 48.0 Å². The topological polar surface area (TPSA) is 42.2 Å². The first kappa shape index (κ1) is 11.7. The van der Waals surface area contributed by atoms with Crippen LogP contribution in [0.4, 0.5) is 5.82 Å². The van der Waals surface area contributed by atoms with Crippen LogP contribution in [0.1, 0.15) is 24.4 Å². The maximum atomic E-state index is 4.54. The van der Waals surface area contributed by atoms with Crippen molar-refractivity contribution in [1.82, 2.24) is 14.6 Å². The van der Waals surface area contributed by atoms with Gasteiger partial charge in [-0.2, -0.15) is 0 Å². The van der Waals surface area contributed by atoms with E-state index >= 15 is 0 Å². The molecule has 0 aliphatic rings. The molecule has 0 saturated carbocycles. The number of anilines is 1. The molecule has 1 unspecified atom stereocenters. The van der Waals surface area contributed by atoms with Crippen LogP contribution in [0.25, 0.3) is 5.52 Å². The molecule has 0 spiro atoms. The fraction of sp³-hybridized carbons (Fsp3) is 0.200. The third-order valence-corrected chi connectivity index (χ3v) is 3.22. The third-order valence-electron chi connectivity index (χ3n) is 3.22. The summed E-state index contributed by atoms with van der Waals surface area (Å²) in [5.74, 6) is 1.75. The minimum absolute atomic E-state index is 0.218. The molecule has 0 saturated heterocycles. The van der Waals surface area contributed by atoms with E-state index in [0.29, 0.717) is 0 Å². The third kappa shape index (κ3) is 2.29. The SMILES string of the molecule is Cc1ncc2ccc(NC(C)c3ccccc3)nn12. The standard InChI is InChI=1S/C15H16N4/c1-11(13-6-4-3-5-7-13)17-15-9-8-14-10-16-12(2)19(14)18-15/h3-11H,1-2H3,(H,17,18). The van der Waals surface area contributed by atoms with E-state index in [4.69, 9.17) is 0 Å². The lowest BCUT2D eigenvalue weighted by Gasteiger charge is -2.14. The van der Waals surface area contributed by atoms with Gasteiger partial charge in [-0.25, -0.2) is 9.50 Å². The predicted molar refractivity (Wildman–Crippen MR) is 76.2 cm³/mol. The van der Waals surface area contributed by atoms with Crippen LogP contribution in [0, 0.1) is 6.92 Å². The highest BCUT2D eigenvalue weighted by Crippen LogP contribution is 2.18. The number of nitrogens with zero attached hydrogens (tertiary/aromatic N) is 3. The molecular weight excluding hydrogens is 236 g/mol. The van der Waals surface area contributed by atoms with Crippen LogP contribution in [-0.2, 0) is 0 Å². The van der Waals surface area contributed by atoms with Crippen molar-refractivity contribution in [2.45, 2.75) is 19.9 Å². The maximum absolute atomic E-state index is 4.54. The first-order chi connectivity index (χ1) is 9.24. The Morgan fingerprint density at radius 2 is 1.89 bits per heavy atom. The molecule has 96 valence electrons. The van der Waals surface area contributed by atoms with Gasteiger partial charge in [-0.1, -0.05) is 30.3 Å². The van der Waals surface area contributed by atoms with Crippen molar-refractivity contribution in [3.8, 4) is 0 Å². The first-order valence-electron chi connectivity index (χ1n) is 6.37. The van der Waals surface area contributed by atoms with Crippen molar-refractivity contribution in [2.75, 3.05) is 5.32 Å². The fourth-order valence-corrected chi connectivity index (χ4v) is 2.13. The van der Waals surface area contributed by atoms with Gasteiger partial charge in [-0.3, -0.25) is 0 Å². The van der Waals surface area contributed by atoms with Crippen LogP contribution >= 0.6 is 0 Å². The summed E-state index contributed by atoms with van der Waals surface area (Å²) in [5, 5.41) is 7.95. The maximum Gasteiger partial charge on any atom is 0.147 e. The number of nitrogens with one attached hydrogen (secondary N) is 1. The van der Waals surface area contributed by atoms with E-state index in [0.717, 1.165) is 17.2 Å². The lowest BCUT2D eigenvalue weighted by molar-refractivity contribution is 0.829. The van der Waals surface area contributed by atoms with Crippen LogP contribution in [0.15, 0.2) is 48.7 Å². The number of aromatic nitrogens is 3. The fourth-order valence-electron chi connectivity index (χ4n) is 2.13. The highest BCUT2D eigenvalue weighted by molar-refractivity contribution is 5.49. The number of imidazole rings is 1. The molecule has 0 radical (unpaired) electrons. The number of benzene rings is 1. The number of rotatable bonds is 3. The first-order valence-corrected chi connectivity index (χ1v) is 6.37. The second-order valence-corrected chi connectivity index (χ2v) is 4.64. The molecule has 0 aliphatic heterocycles. The minimum Gasteiger partial charge on any atom is -0.362 e. The molecule has 3 aromatic rings. The van der Waals surface area contributed by atoms with Crippen molar-refractivity contribution >= 4 is 11.3 Å². The Morgan fingerprint density at radius 1 is 1.11 bits per heavy atom. The molecule has 1 aromatic carbocycles. The quantitative estimate of drug-likeness (QED) is 0.778. The van der Waals surface area contributed by atoms with E-state index in [2.05, 4.69) is 34.5 Å². The summed E-state index contributed by atoms with van der Waals surface area (Å²) in [6.07, 6.45) is 1.83. The molecular formula is C15H16N4. The van der Waals surface area contributed by atoms with Crippen LogP contribution in [-0.4, -0.2) is 14.6 Å². The second kappa shape index (κ2) is 4.72. The molecule has 0 aliphatic carbocycles. The zero-order valence-corrected chi connectivity index (χ0v) is 11.0. The van der Waals surface area contributed by atoms with E-state index in [-0.39, 0.29) is 6.04 Å². The van der Waals surface area contributed by atoms with E-state index < -0.39 is 0 Å². The summed E-state index contributed by atoms with van der Waals surface area (Å²) in [7, 11) is 0. The van der Waals surface area contributed by atoms with Crippen LogP contribution in [0.2, 0.25) is 0 Å². The average Bonchev–Trinajstić information content (AvgIpc) is 2.81. The Bertz CT molecular complexity index is 688. The molecule has 1 atom stereocenters. The zero-order valence-electron chi connectivity index (χ0n) is 11.0. The minimum atomic E-state index is 0.218. The molecule has 2 heterocycles. The second-order valence-electron chi connectivity index (χ2n) is 4.64. The van der Waals surface area contributed by atoms with Crippen LogP contribution < -0.4 is 5.32 Å². The van der Waals surface area contributed by atoms with E-state index in [9.17, 15) is 0 Å². The number of fused-ring (bicyclic) bond motifs is 1. The molecule has 4 nitrogen and oxygen atoms in total. The largest absolute Gasteiger partial charge is 0.362 e. The normalized spacial score (nSPS) is 12.5. The van der Waals surface area contributed by atoms with E-state index in [1.54, 1.807) is 0 Å². The molecule has 0 bridgehead atoms. The van der Waals surface area contributed by atoms with Crippen molar-refractivity contribution in [3.63, 3.8) is 0 Å². The molecule has 2 aromatic heterocycles. The van der Waals surface area contributed by atoms with Gasteiger partial charge in [-0.05, 0) is 31.5 Å². The Labute approximate surface area is 112 Å². The summed E-state index contributed by atoms with van der Waals surface area (Å²) < 4.78 is 1.85. The summed E-state index contributed by atoms with van der Waals surface area (Å²) in [6, 6.07) is 14.6. The molecule has 0 amide bonds. The monoisotopic (exact) mass is 252 g/mol. The van der Waals surface area contributed by atoms with Gasteiger partial charge in [-0.15, -0.1) is 5.10 Å². The predicted octanol–water partition coefficient (Wildman–Crippen LogP) is 3.21. The lowest BCUT2D eigenvalue weighted by Crippen LogP contribution is -2.09. The Hall–Kier alpha value is -2.36.